The van der Waals surface area contributed by atoms with Crippen molar-refractivity contribution < 1.29 is 22.7 Å². The molecule has 0 saturated carbocycles. The Kier molecular flexibility index (Phi) is 6.53. The first-order chi connectivity index (χ1) is 18.1. The van der Waals surface area contributed by atoms with Gasteiger partial charge in [-0.2, -0.15) is 13.5 Å². The Bertz CT molecular complexity index is 1640. The number of sulfonamides is 1. The van der Waals surface area contributed by atoms with Gasteiger partial charge in [0.05, 0.1) is 36.4 Å². The topological polar surface area (TPSA) is 151 Å². The first-order valence-corrected chi connectivity index (χ1v) is 13.5. The summed E-state index contributed by atoms with van der Waals surface area (Å²) >= 11 is 0. The summed E-state index contributed by atoms with van der Waals surface area (Å²) in [7, 11) is -3.03. The van der Waals surface area contributed by atoms with Crippen molar-refractivity contribution in [3.63, 3.8) is 0 Å². The van der Waals surface area contributed by atoms with Crippen molar-refractivity contribution in [2.45, 2.75) is 37.1 Å². The minimum atomic E-state index is -4.39. The average Bonchev–Trinajstić information content (AvgIpc) is 3.34. The van der Waals surface area contributed by atoms with Crippen molar-refractivity contribution in [2.24, 2.45) is 0 Å². The van der Waals surface area contributed by atoms with E-state index in [1.54, 1.807) is 29.1 Å². The Morgan fingerprint density at radius 3 is 2.58 bits per heavy atom. The van der Waals surface area contributed by atoms with Gasteiger partial charge in [0, 0.05) is 29.7 Å². The summed E-state index contributed by atoms with van der Waals surface area (Å²) in [6.45, 7) is 5.00. The molecule has 1 saturated heterocycles. The summed E-state index contributed by atoms with van der Waals surface area (Å²) in [5, 5.41) is 4.62. The van der Waals surface area contributed by atoms with Crippen molar-refractivity contribution in [3.05, 3.63) is 65.7 Å². The van der Waals surface area contributed by atoms with Crippen LogP contribution in [-0.2, 0) is 20.2 Å². The monoisotopic (exact) mass is 536 g/mol. The van der Waals surface area contributed by atoms with Crippen molar-refractivity contribution in [3.8, 4) is 11.4 Å². The number of nitrogens with zero attached hydrogens (tertiary/aromatic N) is 4. The van der Waals surface area contributed by atoms with E-state index in [0.717, 1.165) is 16.6 Å². The number of nitrogens with two attached hydrogens (primary N) is 1. The largest absolute Gasteiger partial charge is 0.494 e. The predicted octanol–water partition coefficient (Wildman–Crippen LogP) is 2.90. The number of hydrogen-bond acceptors (Lipinski definition) is 9. The molecule has 0 atom stereocenters. The van der Waals surface area contributed by atoms with Gasteiger partial charge in [0.2, 0.25) is 5.03 Å². The van der Waals surface area contributed by atoms with Crippen LogP contribution in [0.3, 0.4) is 0 Å². The Morgan fingerprint density at radius 2 is 1.89 bits per heavy atom. The second kappa shape index (κ2) is 9.69. The van der Waals surface area contributed by atoms with E-state index >= 15 is 0 Å². The summed E-state index contributed by atoms with van der Waals surface area (Å²) in [5.41, 5.74) is 8.56. The van der Waals surface area contributed by atoms with Crippen LogP contribution in [0.25, 0.3) is 16.6 Å². The number of benzene rings is 1. The molecule has 1 aliphatic rings. The number of nitrogens with one attached hydrogen (secondary N) is 1. The van der Waals surface area contributed by atoms with Crippen molar-refractivity contribution >= 4 is 32.5 Å². The van der Waals surface area contributed by atoms with Crippen molar-refractivity contribution in [2.75, 3.05) is 26.1 Å². The summed E-state index contributed by atoms with van der Waals surface area (Å²) in [5.74, 6) is -0.846. The highest BCUT2D eigenvalue weighted by Gasteiger charge is 2.34. The van der Waals surface area contributed by atoms with Gasteiger partial charge >= 0.3 is 0 Å². The number of fused-ring (bicyclic) bond motifs is 1. The highest BCUT2D eigenvalue weighted by atomic mass is 32.2. The molecule has 4 aromatic rings. The molecule has 0 aliphatic carbocycles. The third-order valence-corrected chi connectivity index (χ3v) is 8.12. The molecule has 1 aliphatic heterocycles. The van der Waals surface area contributed by atoms with Gasteiger partial charge in [0.15, 0.2) is 5.75 Å². The molecule has 38 heavy (non-hydrogen) atoms. The Morgan fingerprint density at radius 1 is 1.13 bits per heavy atom. The fourth-order valence-electron chi connectivity index (χ4n) is 4.55. The van der Waals surface area contributed by atoms with Gasteiger partial charge in [-0.3, -0.25) is 4.79 Å². The van der Waals surface area contributed by atoms with Crippen molar-refractivity contribution in [1.29, 1.82) is 0 Å². The minimum Gasteiger partial charge on any atom is -0.494 e. The van der Waals surface area contributed by atoms with Crippen LogP contribution in [0.4, 0.5) is 5.69 Å². The molecule has 198 valence electrons. The van der Waals surface area contributed by atoms with E-state index in [1.807, 2.05) is 26.0 Å². The Balaban J connectivity index is 1.48. The van der Waals surface area contributed by atoms with Crippen LogP contribution in [0.2, 0.25) is 0 Å². The van der Waals surface area contributed by atoms with Gasteiger partial charge in [-0.25, -0.2) is 19.4 Å². The molecule has 0 bridgehead atoms. The molecule has 1 fully saturated rings. The number of methoxy groups -OCH3 is 1. The van der Waals surface area contributed by atoms with Gasteiger partial charge < -0.3 is 15.2 Å². The number of rotatable bonds is 6. The maximum Gasteiger partial charge on any atom is 0.285 e. The zero-order chi connectivity index (χ0) is 27.1. The number of anilines is 1. The lowest BCUT2D eigenvalue weighted by molar-refractivity contribution is 0.0548. The Labute approximate surface area is 220 Å². The van der Waals surface area contributed by atoms with Crippen molar-refractivity contribution in [1.82, 2.24) is 24.5 Å². The van der Waals surface area contributed by atoms with E-state index in [9.17, 15) is 13.2 Å². The van der Waals surface area contributed by atoms with Gasteiger partial charge in [-0.1, -0.05) is 13.0 Å². The van der Waals surface area contributed by atoms with Gasteiger partial charge in [-0.15, -0.1) is 0 Å². The van der Waals surface area contributed by atoms with Crippen LogP contribution in [0.1, 0.15) is 41.5 Å². The molecule has 4 heterocycles. The van der Waals surface area contributed by atoms with E-state index in [4.69, 9.17) is 15.2 Å². The average molecular weight is 537 g/mol. The third kappa shape index (κ3) is 4.68. The van der Waals surface area contributed by atoms with Gasteiger partial charge in [0.25, 0.3) is 15.9 Å². The molecule has 11 nitrogen and oxygen atoms in total. The van der Waals surface area contributed by atoms with Gasteiger partial charge in [-0.05, 0) is 55.7 Å². The number of nitrogen functional groups attached to an aromatic ring is 1. The molecule has 0 radical (unpaired) electrons. The summed E-state index contributed by atoms with van der Waals surface area (Å²) in [6.07, 6.45) is 4.61. The molecular weight excluding hydrogens is 508 g/mol. The van der Waals surface area contributed by atoms with Gasteiger partial charge in [0.1, 0.15) is 5.69 Å². The number of aryl methyl sites for hydroxylation is 1. The second-order valence-electron chi connectivity index (χ2n) is 9.52. The lowest BCUT2D eigenvalue weighted by atomic mass is 9.79. The van der Waals surface area contributed by atoms with E-state index in [0.29, 0.717) is 43.0 Å². The summed E-state index contributed by atoms with van der Waals surface area (Å²) in [4.78, 5) is 22.0. The SMILES string of the molecule is COc1ccc(C2(C)CCOCC2)nc1S(=O)(=O)NC(=O)c1ccc2c(-n3cc(N)cn3)ccc(C)c2n1. The second-order valence-corrected chi connectivity index (χ2v) is 11.1. The van der Waals surface area contributed by atoms with E-state index < -0.39 is 15.9 Å². The highest BCUT2D eigenvalue weighted by molar-refractivity contribution is 7.90. The summed E-state index contributed by atoms with van der Waals surface area (Å²) in [6, 6.07) is 10.2. The van der Waals surface area contributed by atoms with Crippen LogP contribution in [0.5, 0.6) is 5.75 Å². The first-order valence-electron chi connectivity index (χ1n) is 12.0. The number of carbonyl (C=O) groups excluding carboxylic acids is 1. The smallest absolute Gasteiger partial charge is 0.285 e. The van der Waals surface area contributed by atoms with Crippen LogP contribution in [0, 0.1) is 6.92 Å². The molecule has 1 aromatic carbocycles. The minimum absolute atomic E-state index is 0.0372. The van der Waals surface area contributed by atoms with E-state index in [1.165, 1.54) is 19.4 Å². The quantitative estimate of drug-likeness (QED) is 0.379. The fourth-order valence-corrected chi connectivity index (χ4v) is 5.63. The predicted molar refractivity (Wildman–Crippen MR) is 141 cm³/mol. The number of pyridine rings is 2. The zero-order valence-corrected chi connectivity index (χ0v) is 22.1. The number of ether oxygens (including phenoxy) is 2. The van der Waals surface area contributed by atoms with Crippen LogP contribution < -0.4 is 15.2 Å². The Hall–Kier alpha value is -4.03. The number of carbonyl (C=O) groups is 1. The van der Waals surface area contributed by atoms with Crippen LogP contribution >= 0.6 is 0 Å². The first kappa shape index (κ1) is 25.6. The lowest BCUT2D eigenvalue weighted by Gasteiger charge is -2.33. The lowest BCUT2D eigenvalue weighted by Crippen LogP contribution is -2.34. The highest BCUT2D eigenvalue weighted by Crippen LogP contribution is 2.35. The fraction of sp³-hybridized carbons (Fsp3) is 0.308. The third-order valence-electron chi connectivity index (χ3n) is 6.86. The normalized spacial score (nSPS) is 15.3. The van der Waals surface area contributed by atoms with E-state index in [2.05, 4.69) is 19.8 Å². The molecule has 3 N–H and O–H groups in total. The molecular formula is C26H28N6O5S. The molecule has 5 rings (SSSR count). The maximum atomic E-state index is 13.4. The molecule has 0 unspecified atom stereocenters. The summed E-state index contributed by atoms with van der Waals surface area (Å²) < 4.78 is 41.2. The molecule has 1 amide bonds. The van der Waals surface area contributed by atoms with Crippen LogP contribution in [0.15, 0.2) is 53.8 Å². The number of aromatic nitrogens is 4. The molecule has 0 spiro atoms. The molecule has 3 aromatic heterocycles. The number of amides is 1. The standard InChI is InChI=1S/C26H28N6O5S/c1-16-4-7-20(32-15-17(27)14-28-32)18-5-6-19(29-23(16)18)24(33)31-38(34,35)25-21(36-3)8-9-22(30-25)26(2)10-12-37-13-11-26/h4-9,14-15H,10-13,27H2,1-3H3,(H,31,33). The maximum absolute atomic E-state index is 13.4. The van der Waals surface area contributed by atoms with E-state index in [-0.39, 0.29) is 21.9 Å². The van der Waals surface area contributed by atoms with Crippen LogP contribution in [-0.4, -0.2) is 54.4 Å². The molecule has 12 heteroatoms. The zero-order valence-electron chi connectivity index (χ0n) is 21.3. The number of hydrogen-bond donors (Lipinski definition) is 2.